The van der Waals surface area contributed by atoms with E-state index < -0.39 is 0 Å². The van der Waals surface area contributed by atoms with Crippen LogP contribution in [0.15, 0.2) is 77.4 Å². The maximum atomic E-state index is 12.0. The maximum Gasteiger partial charge on any atom is 0.291 e. The molecule has 3 aromatic rings. The molecule has 1 aromatic heterocycles. The van der Waals surface area contributed by atoms with Crippen molar-refractivity contribution in [1.29, 1.82) is 0 Å². The minimum atomic E-state index is -0.335. The zero-order valence-corrected chi connectivity index (χ0v) is 14.4. The lowest BCUT2D eigenvalue weighted by molar-refractivity contribution is -0.111. The van der Waals surface area contributed by atoms with E-state index in [4.69, 9.17) is 16.0 Å². The molecule has 2 amide bonds. The van der Waals surface area contributed by atoms with E-state index in [1.54, 1.807) is 54.6 Å². The fourth-order valence-corrected chi connectivity index (χ4v) is 2.29. The van der Waals surface area contributed by atoms with Crippen molar-refractivity contribution in [3.8, 4) is 0 Å². The molecule has 6 heteroatoms. The molecule has 0 saturated carbocycles. The smallest absolute Gasteiger partial charge is 0.291 e. The van der Waals surface area contributed by atoms with Crippen LogP contribution in [0.3, 0.4) is 0 Å². The Hall–Kier alpha value is -3.31. The summed E-state index contributed by atoms with van der Waals surface area (Å²) in [5, 5.41) is 6.10. The molecule has 0 unspecified atom stereocenters. The highest BCUT2D eigenvalue weighted by atomic mass is 35.5. The molecule has 0 aliphatic rings. The number of carbonyl (C=O) groups is 2. The minimum absolute atomic E-state index is 0.231. The minimum Gasteiger partial charge on any atom is -0.459 e. The van der Waals surface area contributed by atoms with Gasteiger partial charge in [0.25, 0.3) is 5.91 Å². The van der Waals surface area contributed by atoms with Gasteiger partial charge in [-0.3, -0.25) is 9.59 Å². The summed E-state index contributed by atoms with van der Waals surface area (Å²) in [5.41, 5.74) is 2.09. The topological polar surface area (TPSA) is 71.3 Å². The Kier molecular flexibility index (Phi) is 5.51. The van der Waals surface area contributed by atoms with Crippen molar-refractivity contribution in [3.05, 3.63) is 89.3 Å². The van der Waals surface area contributed by atoms with Gasteiger partial charge in [0.05, 0.1) is 6.26 Å². The van der Waals surface area contributed by atoms with Gasteiger partial charge in [-0.2, -0.15) is 0 Å². The number of hydrogen-bond acceptors (Lipinski definition) is 3. The van der Waals surface area contributed by atoms with E-state index in [2.05, 4.69) is 10.6 Å². The van der Waals surface area contributed by atoms with Crippen LogP contribution in [0.25, 0.3) is 6.08 Å². The molecule has 0 aliphatic heterocycles. The van der Waals surface area contributed by atoms with Gasteiger partial charge in [-0.25, -0.2) is 0 Å². The van der Waals surface area contributed by atoms with Gasteiger partial charge in [-0.1, -0.05) is 23.7 Å². The van der Waals surface area contributed by atoms with Crippen molar-refractivity contribution in [2.24, 2.45) is 0 Å². The Labute approximate surface area is 155 Å². The monoisotopic (exact) mass is 366 g/mol. The lowest BCUT2D eigenvalue weighted by atomic mass is 10.2. The third-order valence-electron chi connectivity index (χ3n) is 3.45. The number of hydrogen-bond donors (Lipinski definition) is 2. The van der Waals surface area contributed by atoms with E-state index >= 15 is 0 Å². The van der Waals surface area contributed by atoms with Crippen LogP contribution >= 0.6 is 11.6 Å². The fourth-order valence-electron chi connectivity index (χ4n) is 2.17. The average Bonchev–Trinajstić information content (AvgIpc) is 3.18. The number of halogens is 1. The van der Waals surface area contributed by atoms with Crippen molar-refractivity contribution < 1.29 is 14.0 Å². The Balaban J connectivity index is 1.55. The molecule has 3 rings (SSSR count). The SMILES string of the molecule is O=C(/C=C\c1ccc(Cl)cc1)Nc1ccc(NC(=O)c2ccco2)cc1. The van der Waals surface area contributed by atoms with Crippen LogP contribution in [-0.2, 0) is 4.79 Å². The van der Waals surface area contributed by atoms with E-state index in [0.29, 0.717) is 16.4 Å². The molecular weight excluding hydrogens is 352 g/mol. The lowest BCUT2D eigenvalue weighted by Gasteiger charge is -2.06. The fraction of sp³-hybridized carbons (Fsp3) is 0. The van der Waals surface area contributed by atoms with Crippen LogP contribution < -0.4 is 10.6 Å². The number of carbonyl (C=O) groups excluding carboxylic acids is 2. The molecule has 0 fully saturated rings. The highest BCUT2D eigenvalue weighted by molar-refractivity contribution is 6.30. The largest absolute Gasteiger partial charge is 0.459 e. The zero-order valence-electron chi connectivity index (χ0n) is 13.6. The van der Waals surface area contributed by atoms with Crippen molar-refractivity contribution in [2.75, 3.05) is 10.6 Å². The van der Waals surface area contributed by atoms with E-state index in [-0.39, 0.29) is 17.6 Å². The second-order valence-corrected chi connectivity index (χ2v) is 5.82. The summed E-state index contributed by atoms with van der Waals surface area (Å²) in [4.78, 5) is 23.9. The first-order valence-electron chi connectivity index (χ1n) is 7.80. The molecule has 5 nitrogen and oxygen atoms in total. The predicted molar refractivity (Wildman–Crippen MR) is 102 cm³/mol. The van der Waals surface area contributed by atoms with Gasteiger partial charge in [-0.05, 0) is 60.2 Å². The first kappa shape index (κ1) is 17.5. The van der Waals surface area contributed by atoms with E-state index in [0.717, 1.165) is 5.56 Å². The van der Waals surface area contributed by atoms with Crippen LogP contribution in [0.5, 0.6) is 0 Å². The Morgan fingerprint density at radius 2 is 1.54 bits per heavy atom. The van der Waals surface area contributed by atoms with Crippen LogP contribution in [0.2, 0.25) is 5.02 Å². The Morgan fingerprint density at radius 3 is 2.15 bits per heavy atom. The van der Waals surface area contributed by atoms with Crippen molar-refractivity contribution in [3.63, 3.8) is 0 Å². The normalized spacial score (nSPS) is 10.7. The van der Waals surface area contributed by atoms with Crippen LogP contribution in [0.4, 0.5) is 11.4 Å². The zero-order chi connectivity index (χ0) is 18.4. The van der Waals surface area contributed by atoms with Gasteiger partial charge >= 0.3 is 0 Å². The number of anilines is 2. The molecule has 130 valence electrons. The predicted octanol–water partition coefficient (Wildman–Crippen LogP) is 4.84. The molecule has 2 aromatic carbocycles. The van der Waals surface area contributed by atoms with Crippen molar-refractivity contribution in [1.82, 2.24) is 0 Å². The number of amides is 2. The number of rotatable bonds is 5. The molecule has 0 aliphatic carbocycles. The maximum absolute atomic E-state index is 12.0. The quantitative estimate of drug-likeness (QED) is 0.635. The number of nitrogens with one attached hydrogen (secondary N) is 2. The summed E-state index contributed by atoms with van der Waals surface area (Å²) in [6, 6.07) is 17.2. The van der Waals surface area contributed by atoms with E-state index in [1.165, 1.54) is 12.3 Å². The van der Waals surface area contributed by atoms with E-state index in [1.807, 2.05) is 12.1 Å². The summed E-state index contributed by atoms with van der Waals surface area (Å²) < 4.78 is 5.03. The third kappa shape index (κ3) is 4.84. The summed E-state index contributed by atoms with van der Waals surface area (Å²) in [6.45, 7) is 0. The molecule has 0 atom stereocenters. The van der Waals surface area contributed by atoms with Gasteiger partial charge in [0.1, 0.15) is 0 Å². The van der Waals surface area contributed by atoms with Gasteiger partial charge in [0, 0.05) is 22.5 Å². The molecule has 1 heterocycles. The van der Waals surface area contributed by atoms with Gasteiger partial charge in [0.15, 0.2) is 5.76 Å². The molecule has 0 bridgehead atoms. The van der Waals surface area contributed by atoms with Crippen LogP contribution in [-0.4, -0.2) is 11.8 Å². The highest BCUT2D eigenvalue weighted by Crippen LogP contribution is 2.15. The molecule has 26 heavy (non-hydrogen) atoms. The second kappa shape index (κ2) is 8.18. The van der Waals surface area contributed by atoms with Crippen molar-refractivity contribution >= 4 is 40.9 Å². The molecule has 0 radical (unpaired) electrons. The Bertz CT molecular complexity index is 915. The highest BCUT2D eigenvalue weighted by Gasteiger charge is 2.08. The van der Waals surface area contributed by atoms with E-state index in [9.17, 15) is 9.59 Å². The van der Waals surface area contributed by atoms with Crippen LogP contribution in [0, 0.1) is 0 Å². The standard InChI is InChI=1S/C20H15ClN2O3/c21-15-6-3-14(4-7-15)5-12-19(24)22-16-8-10-17(11-9-16)23-20(25)18-2-1-13-26-18/h1-13H,(H,22,24)(H,23,25)/b12-5-. The molecule has 2 N–H and O–H groups in total. The molecular formula is C20H15ClN2O3. The summed E-state index contributed by atoms with van der Waals surface area (Å²) in [5.74, 6) is -0.361. The molecule has 0 spiro atoms. The van der Waals surface area contributed by atoms with Gasteiger partial charge in [-0.15, -0.1) is 0 Å². The van der Waals surface area contributed by atoms with Crippen molar-refractivity contribution in [2.45, 2.75) is 0 Å². The number of furan rings is 1. The first-order valence-corrected chi connectivity index (χ1v) is 8.17. The first-order chi connectivity index (χ1) is 12.6. The Morgan fingerprint density at radius 1 is 0.885 bits per heavy atom. The number of benzene rings is 2. The van der Waals surface area contributed by atoms with Crippen LogP contribution in [0.1, 0.15) is 16.1 Å². The molecule has 0 saturated heterocycles. The lowest BCUT2D eigenvalue weighted by Crippen LogP contribution is -2.11. The third-order valence-corrected chi connectivity index (χ3v) is 3.70. The second-order valence-electron chi connectivity index (χ2n) is 5.38. The van der Waals surface area contributed by atoms with Gasteiger partial charge in [0.2, 0.25) is 5.91 Å². The average molecular weight is 367 g/mol. The summed E-state index contributed by atoms with van der Waals surface area (Å²) >= 11 is 5.82. The summed E-state index contributed by atoms with van der Waals surface area (Å²) in [7, 11) is 0. The summed E-state index contributed by atoms with van der Waals surface area (Å²) in [6.07, 6.45) is 4.57. The van der Waals surface area contributed by atoms with Gasteiger partial charge < -0.3 is 15.1 Å².